The summed E-state index contributed by atoms with van der Waals surface area (Å²) in [5.74, 6) is -0.715. The molecule has 0 spiro atoms. The lowest BCUT2D eigenvalue weighted by molar-refractivity contribution is -0.136. The number of hydrogen-bond acceptors (Lipinski definition) is 4. The molecule has 0 N–H and O–H groups in total. The Labute approximate surface area is 298 Å². The number of ether oxygens (including phenoxy) is 2. The van der Waals surface area contributed by atoms with Crippen LogP contribution in [0.15, 0.2) is 154 Å². The fourth-order valence-corrected chi connectivity index (χ4v) is 4.11. The summed E-state index contributed by atoms with van der Waals surface area (Å²) < 4.78 is 9.94. The molecule has 0 rings (SSSR count). The Morgan fingerprint density at radius 3 is 1.29 bits per heavy atom. The first-order valence-corrected chi connectivity index (χ1v) is 17.2. The van der Waals surface area contributed by atoms with Crippen molar-refractivity contribution in [2.45, 2.75) is 101 Å². The first-order chi connectivity index (χ1) is 23.3. The lowest BCUT2D eigenvalue weighted by Crippen LogP contribution is -2.00. The van der Waals surface area contributed by atoms with E-state index in [2.05, 4.69) is 57.6 Å². The summed E-state index contributed by atoms with van der Waals surface area (Å²) in [6, 6.07) is 0. The Hall–Kier alpha value is -4.44. The molecule has 4 heteroatoms. The summed E-state index contributed by atoms with van der Waals surface area (Å²) in [5.41, 5.74) is 9.62. The van der Waals surface area contributed by atoms with Gasteiger partial charge in [0.05, 0.1) is 7.11 Å². The van der Waals surface area contributed by atoms with Crippen LogP contribution < -0.4 is 0 Å². The zero-order valence-electron chi connectivity index (χ0n) is 32.0. The van der Waals surface area contributed by atoms with E-state index < -0.39 is 0 Å². The van der Waals surface area contributed by atoms with Crippen LogP contribution in [-0.2, 0) is 19.1 Å². The molecule has 0 atom stereocenters. The number of esters is 2. The number of rotatable bonds is 21. The van der Waals surface area contributed by atoms with Crippen LogP contribution in [0.25, 0.3) is 0 Å². The Morgan fingerprint density at radius 2 is 0.837 bits per heavy atom. The van der Waals surface area contributed by atoms with E-state index in [-0.39, 0.29) is 18.5 Å². The predicted octanol–water partition coefficient (Wildman–Crippen LogP) is 12.4. The molecule has 0 aliphatic carbocycles. The molecule has 0 aromatic carbocycles. The number of carbonyl (C=O) groups excluding carboxylic acids is 2. The Bertz CT molecular complexity index is 1430. The summed E-state index contributed by atoms with van der Waals surface area (Å²) in [6.45, 7) is 19.0. The van der Waals surface area contributed by atoms with Gasteiger partial charge in [0.15, 0.2) is 0 Å². The topological polar surface area (TPSA) is 52.6 Å². The van der Waals surface area contributed by atoms with Gasteiger partial charge >= 0.3 is 11.9 Å². The van der Waals surface area contributed by atoms with Gasteiger partial charge in [0.1, 0.15) is 6.61 Å². The average Bonchev–Trinajstić information content (AvgIpc) is 3.04. The van der Waals surface area contributed by atoms with Crippen LogP contribution in [0.1, 0.15) is 101 Å². The predicted molar refractivity (Wildman–Crippen MR) is 212 cm³/mol. The van der Waals surface area contributed by atoms with Gasteiger partial charge in [-0.15, -0.1) is 0 Å². The minimum atomic E-state index is -0.369. The third kappa shape index (κ3) is 29.4. The summed E-state index contributed by atoms with van der Waals surface area (Å²) in [5, 5.41) is 0. The Morgan fingerprint density at radius 1 is 0.449 bits per heavy atom. The summed E-state index contributed by atoms with van der Waals surface area (Å²) >= 11 is 0. The fourth-order valence-electron chi connectivity index (χ4n) is 4.11. The zero-order valence-corrected chi connectivity index (χ0v) is 32.0. The molecule has 0 saturated carbocycles. The van der Waals surface area contributed by atoms with Crippen molar-refractivity contribution in [2.75, 3.05) is 13.7 Å². The number of methoxy groups -OCH3 is 1. The molecule has 0 aromatic heterocycles. The highest BCUT2D eigenvalue weighted by Crippen LogP contribution is 2.13. The largest absolute Gasteiger partial charge is 0.466 e. The van der Waals surface area contributed by atoms with E-state index in [1.165, 1.54) is 41.6 Å². The van der Waals surface area contributed by atoms with Crippen molar-refractivity contribution in [3.05, 3.63) is 154 Å². The van der Waals surface area contributed by atoms with Crippen molar-refractivity contribution < 1.29 is 19.1 Å². The molecule has 0 fully saturated rings. The van der Waals surface area contributed by atoms with Crippen molar-refractivity contribution in [1.29, 1.82) is 0 Å². The first kappa shape index (κ1) is 44.6. The minimum Gasteiger partial charge on any atom is -0.466 e. The van der Waals surface area contributed by atoms with Crippen molar-refractivity contribution >= 4 is 11.9 Å². The zero-order chi connectivity index (χ0) is 36.9. The van der Waals surface area contributed by atoms with Crippen molar-refractivity contribution in [1.82, 2.24) is 0 Å². The van der Waals surface area contributed by atoms with Gasteiger partial charge in [-0.3, -0.25) is 0 Å². The third-order valence-electron chi connectivity index (χ3n) is 7.24. The van der Waals surface area contributed by atoms with Crippen molar-refractivity contribution in [2.24, 2.45) is 0 Å². The van der Waals surface area contributed by atoms with E-state index in [4.69, 9.17) is 4.74 Å². The van der Waals surface area contributed by atoms with Gasteiger partial charge in [0.25, 0.3) is 0 Å². The number of hydrogen-bond donors (Lipinski definition) is 0. The second kappa shape index (κ2) is 28.6. The summed E-state index contributed by atoms with van der Waals surface area (Å²) in [6.07, 6.45) is 41.6. The van der Waals surface area contributed by atoms with Crippen LogP contribution in [0.3, 0.4) is 0 Å². The minimum absolute atomic E-state index is 0.284. The van der Waals surface area contributed by atoms with Crippen molar-refractivity contribution in [3.8, 4) is 0 Å². The Balaban J connectivity index is 4.55. The molecule has 266 valence electrons. The highest BCUT2D eigenvalue weighted by molar-refractivity contribution is 5.82. The smallest absolute Gasteiger partial charge is 0.331 e. The maximum absolute atomic E-state index is 12.1. The van der Waals surface area contributed by atoms with E-state index in [0.717, 1.165) is 60.8 Å². The lowest BCUT2D eigenvalue weighted by Gasteiger charge is -2.03. The van der Waals surface area contributed by atoms with E-state index in [9.17, 15) is 9.59 Å². The second-order valence-corrected chi connectivity index (χ2v) is 12.6. The quantitative estimate of drug-likeness (QED) is 0.0529. The summed E-state index contributed by atoms with van der Waals surface area (Å²) in [4.78, 5) is 23.3. The number of allylic oxidation sites excluding steroid dienone is 23. The molecule has 0 saturated heterocycles. The second-order valence-electron chi connectivity index (χ2n) is 12.6. The standard InChI is InChI=1S/C45H62O4/c1-36(2)18-13-21-39(5)24-14-25-40(6)26-17-29-43(9)34-35-49-45(47)33-31-42(8)28-16-23-38(4)20-12-11-19-37(3)22-15-27-41(7)30-32-44(46)48-10/h11-12,15-16,18-20,22-24,26-28,30-34H,13-14,17,21,25,29,35H2,1-10H3. The van der Waals surface area contributed by atoms with Gasteiger partial charge in [-0.05, 0) is 107 Å². The van der Waals surface area contributed by atoms with E-state index in [1.807, 2.05) is 94.5 Å². The van der Waals surface area contributed by atoms with Gasteiger partial charge in [0, 0.05) is 12.2 Å². The summed E-state index contributed by atoms with van der Waals surface area (Å²) in [7, 11) is 1.36. The van der Waals surface area contributed by atoms with Crippen LogP contribution in [-0.4, -0.2) is 25.7 Å². The molecule has 0 amide bonds. The molecule has 0 bridgehead atoms. The molecule has 0 heterocycles. The van der Waals surface area contributed by atoms with Crippen LogP contribution in [0, 0.1) is 0 Å². The molecule has 0 aromatic rings. The molecule has 0 aliphatic heterocycles. The molecule has 0 aliphatic rings. The third-order valence-corrected chi connectivity index (χ3v) is 7.24. The molecular formula is C45H62O4. The van der Waals surface area contributed by atoms with Crippen molar-refractivity contribution in [3.63, 3.8) is 0 Å². The van der Waals surface area contributed by atoms with Gasteiger partial charge in [0.2, 0.25) is 0 Å². The normalized spacial score (nSPS) is 14.7. The maximum Gasteiger partial charge on any atom is 0.331 e. The van der Waals surface area contributed by atoms with E-state index >= 15 is 0 Å². The van der Waals surface area contributed by atoms with E-state index in [1.54, 1.807) is 12.2 Å². The maximum atomic E-state index is 12.1. The average molecular weight is 667 g/mol. The fraction of sp³-hybridized carbons (Fsp3) is 0.378. The molecular weight excluding hydrogens is 604 g/mol. The Kier molecular flexibility index (Phi) is 26.0. The van der Waals surface area contributed by atoms with Crippen LogP contribution in [0.5, 0.6) is 0 Å². The molecule has 4 nitrogen and oxygen atoms in total. The van der Waals surface area contributed by atoms with Crippen LogP contribution >= 0.6 is 0 Å². The van der Waals surface area contributed by atoms with Gasteiger partial charge in [-0.1, -0.05) is 136 Å². The SMILES string of the molecule is COC(=O)C=CC(C)=CC=CC(C)=CC=CC=C(C)C=CC=C(C)C=CC(=O)OCC=C(C)CCC=C(C)CCC=C(C)CCC=C(C)C. The lowest BCUT2D eigenvalue weighted by atomic mass is 10.0. The van der Waals surface area contributed by atoms with Crippen LogP contribution in [0.2, 0.25) is 0 Å². The molecule has 0 unspecified atom stereocenters. The number of carbonyl (C=O) groups is 2. The molecule has 49 heavy (non-hydrogen) atoms. The van der Waals surface area contributed by atoms with Crippen LogP contribution in [0.4, 0.5) is 0 Å². The monoisotopic (exact) mass is 666 g/mol. The van der Waals surface area contributed by atoms with Gasteiger partial charge < -0.3 is 9.47 Å². The van der Waals surface area contributed by atoms with Gasteiger partial charge in [-0.2, -0.15) is 0 Å². The molecule has 0 radical (unpaired) electrons. The highest BCUT2D eigenvalue weighted by Gasteiger charge is 1.97. The highest BCUT2D eigenvalue weighted by atomic mass is 16.5. The van der Waals surface area contributed by atoms with E-state index in [0.29, 0.717) is 0 Å². The first-order valence-electron chi connectivity index (χ1n) is 17.2. The van der Waals surface area contributed by atoms with Gasteiger partial charge in [-0.25, -0.2) is 9.59 Å².